The molecule has 100 valence electrons. The van der Waals surface area contributed by atoms with E-state index in [1.807, 2.05) is 6.92 Å². The molecule has 0 spiro atoms. The fraction of sp³-hybridized carbons (Fsp3) is 0.267. The predicted octanol–water partition coefficient (Wildman–Crippen LogP) is 4.51. The van der Waals surface area contributed by atoms with E-state index in [9.17, 15) is 4.79 Å². The molecule has 0 aliphatic heterocycles. The Labute approximate surface area is 122 Å². The summed E-state index contributed by atoms with van der Waals surface area (Å²) in [7, 11) is 0. The van der Waals surface area contributed by atoms with Gasteiger partial charge in [-0.25, -0.2) is 0 Å². The molecule has 2 aromatic rings. The SMILES string of the molecule is Cc1ccc(C)c(C(C)NC(=O)c2ccc(Cl)s2)c1. The van der Waals surface area contributed by atoms with Crippen LogP contribution in [-0.4, -0.2) is 5.91 Å². The summed E-state index contributed by atoms with van der Waals surface area (Å²) in [6, 6.07) is 9.74. The van der Waals surface area contributed by atoms with E-state index < -0.39 is 0 Å². The topological polar surface area (TPSA) is 29.1 Å². The lowest BCUT2D eigenvalue weighted by Gasteiger charge is -2.16. The number of hydrogen-bond acceptors (Lipinski definition) is 2. The second-order valence-corrected chi connectivity index (χ2v) is 6.37. The smallest absolute Gasteiger partial charge is 0.261 e. The van der Waals surface area contributed by atoms with Gasteiger partial charge in [-0.3, -0.25) is 4.79 Å². The van der Waals surface area contributed by atoms with E-state index in [1.54, 1.807) is 12.1 Å². The lowest BCUT2D eigenvalue weighted by Crippen LogP contribution is -2.26. The minimum absolute atomic E-state index is 0.0201. The van der Waals surface area contributed by atoms with Crippen molar-refractivity contribution in [1.82, 2.24) is 5.32 Å². The van der Waals surface area contributed by atoms with Gasteiger partial charge in [-0.15, -0.1) is 11.3 Å². The highest BCUT2D eigenvalue weighted by molar-refractivity contribution is 7.17. The predicted molar refractivity (Wildman–Crippen MR) is 81.1 cm³/mol. The van der Waals surface area contributed by atoms with Crippen LogP contribution in [0.1, 0.15) is 39.3 Å². The molecule has 1 atom stereocenters. The first-order chi connectivity index (χ1) is 8.97. The van der Waals surface area contributed by atoms with Gasteiger partial charge >= 0.3 is 0 Å². The molecule has 2 rings (SSSR count). The number of nitrogens with one attached hydrogen (secondary N) is 1. The second kappa shape index (κ2) is 5.76. The lowest BCUT2D eigenvalue weighted by molar-refractivity contribution is 0.0944. The van der Waals surface area contributed by atoms with Crippen LogP contribution in [0.4, 0.5) is 0 Å². The van der Waals surface area contributed by atoms with Crippen molar-refractivity contribution in [2.75, 3.05) is 0 Å². The Morgan fingerprint density at radius 2 is 2.00 bits per heavy atom. The van der Waals surface area contributed by atoms with Gasteiger partial charge < -0.3 is 5.32 Å². The van der Waals surface area contributed by atoms with Gasteiger partial charge in [0.15, 0.2) is 0 Å². The average molecular weight is 294 g/mol. The van der Waals surface area contributed by atoms with E-state index in [0.29, 0.717) is 9.21 Å². The largest absolute Gasteiger partial charge is 0.345 e. The van der Waals surface area contributed by atoms with Crippen molar-refractivity contribution in [3.63, 3.8) is 0 Å². The average Bonchev–Trinajstić information content (AvgIpc) is 2.79. The first-order valence-corrected chi connectivity index (χ1v) is 7.30. The Balaban J connectivity index is 2.14. The highest BCUT2D eigenvalue weighted by Crippen LogP contribution is 2.23. The normalized spacial score (nSPS) is 12.2. The fourth-order valence-electron chi connectivity index (χ4n) is 2.01. The zero-order valence-corrected chi connectivity index (χ0v) is 12.7. The minimum Gasteiger partial charge on any atom is -0.345 e. The summed E-state index contributed by atoms with van der Waals surface area (Å²) in [6.07, 6.45) is 0. The van der Waals surface area contributed by atoms with E-state index in [0.717, 1.165) is 5.56 Å². The van der Waals surface area contributed by atoms with Crippen LogP contribution in [0.25, 0.3) is 0 Å². The van der Waals surface area contributed by atoms with Crippen LogP contribution in [0, 0.1) is 13.8 Å². The van der Waals surface area contributed by atoms with Gasteiger partial charge in [-0.1, -0.05) is 35.4 Å². The number of thiophene rings is 1. The van der Waals surface area contributed by atoms with Crippen LogP contribution in [0.5, 0.6) is 0 Å². The molecule has 1 amide bonds. The summed E-state index contributed by atoms with van der Waals surface area (Å²) >= 11 is 7.14. The molecule has 2 nitrogen and oxygen atoms in total. The lowest BCUT2D eigenvalue weighted by atomic mass is 10.00. The van der Waals surface area contributed by atoms with Crippen molar-refractivity contribution in [3.05, 3.63) is 56.2 Å². The highest BCUT2D eigenvalue weighted by Gasteiger charge is 2.14. The quantitative estimate of drug-likeness (QED) is 0.886. The molecular formula is C15H16ClNOS. The maximum Gasteiger partial charge on any atom is 0.261 e. The molecular weight excluding hydrogens is 278 g/mol. The standard InChI is InChI=1S/C15H16ClNOS/c1-9-4-5-10(2)12(8-9)11(3)17-15(18)13-6-7-14(16)19-13/h4-8,11H,1-3H3,(H,17,18). The molecule has 0 saturated carbocycles. The Morgan fingerprint density at radius 1 is 1.26 bits per heavy atom. The molecule has 0 radical (unpaired) electrons. The zero-order chi connectivity index (χ0) is 14.0. The minimum atomic E-state index is -0.0784. The van der Waals surface area contributed by atoms with Crippen LogP contribution in [-0.2, 0) is 0 Å². The molecule has 0 aliphatic carbocycles. The summed E-state index contributed by atoms with van der Waals surface area (Å²) in [4.78, 5) is 12.7. The Bertz CT molecular complexity index is 606. The summed E-state index contributed by atoms with van der Waals surface area (Å²) in [6.45, 7) is 6.10. The van der Waals surface area contributed by atoms with Crippen molar-refractivity contribution in [3.8, 4) is 0 Å². The summed E-state index contributed by atoms with van der Waals surface area (Å²) in [5, 5.41) is 3.01. The molecule has 1 unspecified atom stereocenters. The van der Waals surface area contributed by atoms with Gasteiger partial charge in [0.2, 0.25) is 0 Å². The second-order valence-electron chi connectivity index (χ2n) is 4.66. The molecule has 19 heavy (non-hydrogen) atoms. The number of aryl methyl sites for hydroxylation is 2. The van der Waals surface area contributed by atoms with E-state index in [4.69, 9.17) is 11.6 Å². The van der Waals surface area contributed by atoms with E-state index >= 15 is 0 Å². The van der Waals surface area contributed by atoms with Crippen molar-refractivity contribution >= 4 is 28.8 Å². The number of amides is 1. The number of rotatable bonds is 3. The molecule has 1 aromatic heterocycles. The molecule has 0 aliphatic rings. The third-order valence-corrected chi connectivity index (χ3v) is 4.28. The number of halogens is 1. The number of hydrogen-bond donors (Lipinski definition) is 1. The Kier molecular flexibility index (Phi) is 4.27. The van der Waals surface area contributed by atoms with Gasteiger partial charge in [0, 0.05) is 0 Å². The molecule has 1 aromatic carbocycles. The third-order valence-electron chi connectivity index (χ3n) is 3.05. The van der Waals surface area contributed by atoms with Gasteiger partial charge in [-0.05, 0) is 44.0 Å². The van der Waals surface area contributed by atoms with Gasteiger partial charge in [0.1, 0.15) is 0 Å². The first kappa shape index (κ1) is 14.1. The highest BCUT2D eigenvalue weighted by atomic mass is 35.5. The molecule has 4 heteroatoms. The number of carbonyl (C=O) groups is 1. The van der Waals surface area contributed by atoms with E-state index in [2.05, 4.69) is 37.4 Å². The Hall–Kier alpha value is -1.32. The van der Waals surface area contributed by atoms with Gasteiger partial charge in [0.05, 0.1) is 15.3 Å². The van der Waals surface area contributed by atoms with Crippen LogP contribution in [0.3, 0.4) is 0 Å². The summed E-state index contributed by atoms with van der Waals surface area (Å²) < 4.78 is 0.629. The van der Waals surface area contributed by atoms with E-state index in [1.165, 1.54) is 22.5 Å². The van der Waals surface area contributed by atoms with Crippen molar-refractivity contribution in [2.45, 2.75) is 26.8 Å². The maximum absolute atomic E-state index is 12.1. The van der Waals surface area contributed by atoms with Crippen LogP contribution < -0.4 is 5.32 Å². The number of carbonyl (C=O) groups excluding carboxylic acids is 1. The van der Waals surface area contributed by atoms with Crippen LogP contribution in [0.2, 0.25) is 4.34 Å². The molecule has 0 bridgehead atoms. The van der Waals surface area contributed by atoms with Crippen molar-refractivity contribution in [2.24, 2.45) is 0 Å². The molecule has 0 fully saturated rings. The molecule has 0 saturated heterocycles. The third kappa shape index (κ3) is 3.37. The van der Waals surface area contributed by atoms with Gasteiger partial charge in [-0.2, -0.15) is 0 Å². The molecule has 1 N–H and O–H groups in total. The Morgan fingerprint density at radius 3 is 2.63 bits per heavy atom. The summed E-state index contributed by atoms with van der Waals surface area (Å²) in [5.41, 5.74) is 3.53. The summed E-state index contributed by atoms with van der Waals surface area (Å²) in [5.74, 6) is -0.0784. The molecule has 1 heterocycles. The fourth-order valence-corrected chi connectivity index (χ4v) is 2.95. The maximum atomic E-state index is 12.1. The number of benzene rings is 1. The van der Waals surface area contributed by atoms with Crippen molar-refractivity contribution < 1.29 is 4.79 Å². The first-order valence-electron chi connectivity index (χ1n) is 6.10. The van der Waals surface area contributed by atoms with Gasteiger partial charge in [0.25, 0.3) is 5.91 Å². The monoisotopic (exact) mass is 293 g/mol. The van der Waals surface area contributed by atoms with Crippen molar-refractivity contribution in [1.29, 1.82) is 0 Å². The van der Waals surface area contributed by atoms with Crippen LogP contribution >= 0.6 is 22.9 Å². The van der Waals surface area contributed by atoms with E-state index in [-0.39, 0.29) is 11.9 Å². The van der Waals surface area contributed by atoms with Crippen LogP contribution in [0.15, 0.2) is 30.3 Å². The zero-order valence-electron chi connectivity index (χ0n) is 11.2.